The molecule has 2 aromatic rings. The van der Waals surface area contributed by atoms with E-state index in [1.165, 1.54) is 25.1 Å². The van der Waals surface area contributed by atoms with Crippen LogP contribution in [0.3, 0.4) is 0 Å². The standard InChI is InChI=1S/C14H12N2O7S/c1-9-4-3-5-13(14(9)16(19)20)23-12-7-6-10(24(2,21)22)8-11(12)15(17)18/h3-8H,1-2H3. The van der Waals surface area contributed by atoms with Gasteiger partial charge >= 0.3 is 11.4 Å². The van der Waals surface area contributed by atoms with Crippen molar-refractivity contribution < 1.29 is 23.0 Å². The lowest BCUT2D eigenvalue weighted by Gasteiger charge is -2.09. The van der Waals surface area contributed by atoms with Crippen molar-refractivity contribution in [2.75, 3.05) is 6.26 Å². The zero-order chi connectivity index (χ0) is 18.1. The maximum atomic E-state index is 11.5. The van der Waals surface area contributed by atoms with Crippen LogP contribution in [0, 0.1) is 27.2 Å². The van der Waals surface area contributed by atoms with Crippen LogP contribution in [-0.4, -0.2) is 24.5 Å². The van der Waals surface area contributed by atoms with Gasteiger partial charge in [0.15, 0.2) is 9.84 Å². The number of aryl methyl sites for hydroxylation is 1. The highest BCUT2D eigenvalue weighted by molar-refractivity contribution is 7.90. The number of nitro benzene ring substituents is 2. The van der Waals surface area contributed by atoms with Crippen LogP contribution >= 0.6 is 0 Å². The number of ether oxygens (including phenoxy) is 1. The van der Waals surface area contributed by atoms with E-state index in [9.17, 15) is 28.6 Å². The van der Waals surface area contributed by atoms with E-state index in [1.807, 2.05) is 0 Å². The van der Waals surface area contributed by atoms with Crippen molar-refractivity contribution in [1.29, 1.82) is 0 Å². The van der Waals surface area contributed by atoms with Gasteiger partial charge in [0.1, 0.15) is 0 Å². The van der Waals surface area contributed by atoms with Crippen LogP contribution in [0.1, 0.15) is 5.56 Å². The Morgan fingerprint density at radius 2 is 1.67 bits per heavy atom. The van der Waals surface area contributed by atoms with Crippen molar-refractivity contribution in [3.8, 4) is 11.5 Å². The van der Waals surface area contributed by atoms with E-state index in [2.05, 4.69) is 0 Å². The van der Waals surface area contributed by atoms with Gasteiger partial charge in [-0.1, -0.05) is 12.1 Å². The highest BCUT2D eigenvalue weighted by atomic mass is 32.2. The first kappa shape index (κ1) is 17.3. The van der Waals surface area contributed by atoms with Gasteiger partial charge in [0, 0.05) is 17.9 Å². The Hall–Kier alpha value is -3.01. The molecule has 0 aliphatic carbocycles. The normalized spacial score (nSPS) is 11.1. The molecule has 0 N–H and O–H groups in total. The predicted molar refractivity (Wildman–Crippen MR) is 84.1 cm³/mol. The first-order valence-electron chi connectivity index (χ1n) is 6.51. The first-order valence-corrected chi connectivity index (χ1v) is 8.40. The third-order valence-corrected chi connectivity index (χ3v) is 4.27. The minimum Gasteiger partial charge on any atom is -0.443 e. The minimum atomic E-state index is -3.65. The van der Waals surface area contributed by atoms with Crippen LogP contribution < -0.4 is 4.74 Å². The molecular formula is C14H12N2O7S. The molecule has 9 nitrogen and oxygen atoms in total. The molecule has 126 valence electrons. The van der Waals surface area contributed by atoms with Crippen LogP contribution in [0.2, 0.25) is 0 Å². The van der Waals surface area contributed by atoms with Crippen molar-refractivity contribution in [2.24, 2.45) is 0 Å². The van der Waals surface area contributed by atoms with E-state index in [4.69, 9.17) is 4.74 Å². The molecule has 0 spiro atoms. The molecule has 0 heterocycles. The Morgan fingerprint density at radius 3 is 2.21 bits per heavy atom. The predicted octanol–water partition coefficient (Wildman–Crippen LogP) is 3.01. The van der Waals surface area contributed by atoms with Crippen molar-refractivity contribution in [3.63, 3.8) is 0 Å². The Bertz CT molecular complexity index is 938. The van der Waals surface area contributed by atoms with Crippen molar-refractivity contribution in [1.82, 2.24) is 0 Å². The second-order valence-electron chi connectivity index (χ2n) is 4.94. The molecule has 0 bridgehead atoms. The van der Waals surface area contributed by atoms with Gasteiger partial charge in [0.2, 0.25) is 11.5 Å². The maximum absolute atomic E-state index is 11.5. The third-order valence-electron chi connectivity index (χ3n) is 3.16. The summed E-state index contributed by atoms with van der Waals surface area (Å²) in [5, 5.41) is 22.3. The summed E-state index contributed by atoms with van der Waals surface area (Å²) >= 11 is 0. The molecule has 2 aromatic carbocycles. The molecule has 0 aromatic heterocycles. The monoisotopic (exact) mass is 352 g/mol. The average molecular weight is 352 g/mol. The molecule has 0 atom stereocenters. The number of para-hydroxylation sites is 1. The Kier molecular flexibility index (Phi) is 4.51. The fourth-order valence-electron chi connectivity index (χ4n) is 2.02. The molecule has 0 saturated heterocycles. The van der Waals surface area contributed by atoms with E-state index in [0.717, 1.165) is 24.5 Å². The highest BCUT2D eigenvalue weighted by Gasteiger charge is 2.24. The van der Waals surface area contributed by atoms with Crippen LogP contribution in [0.4, 0.5) is 11.4 Å². The van der Waals surface area contributed by atoms with Crippen molar-refractivity contribution in [3.05, 3.63) is 62.2 Å². The molecule has 0 unspecified atom stereocenters. The molecule has 0 saturated carbocycles. The summed E-state index contributed by atoms with van der Waals surface area (Å²) in [5.74, 6) is -0.462. The molecule has 0 fully saturated rings. The number of rotatable bonds is 5. The largest absolute Gasteiger partial charge is 0.443 e. The first-order chi connectivity index (χ1) is 11.1. The lowest BCUT2D eigenvalue weighted by molar-refractivity contribution is -0.387. The Balaban J connectivity index is 2.57. The molecule has 0 aliphatic heterocycles. The SMILES string of the molecule is Cc1cccc(Oc2ccc(S(C)(=O)=O)cc2[N+](=O)[O-])c1[N+](=O)[O-]. The fourth-order valence-corrected chi connectivity index (χ4v) is 2.66. The van der Waals surface area contributed by atoms with Crippen LogP contribution in [-0.2, 0) is 9.84 Å². The lowest BCUT2D eigenvalue weighted by Crippen LogP contribution is -2.01. The molecule has 0 radical (unpaired) electrons. The average Bonchev–Trinajstić information content (AvgIpc) is 2.45. The van der Waals surface area contributed by atoms with E-state index >= 15 is 0 Å². The van der Waals surface area contributed by atoms with Crippen molar-refractivity contribution in [2.45, 2.75) is 11.8 Å². The number of nitro groups is 2. The Labute approximate surface area is 136 Å². The number of hydrogen-bond acceptors (Lipinski definition) is 7. The number of benzene rings is 2. The molecular weight excluding hydrogens is 340 g/mol. The van der Waals surface area contributed by atoms with E-state index < -0.39 is 25.4 Å². The Morgan fingerprint density at radius 1 is 1.00 bits per heavy atom. The molecule has 2 rings (SSSR count). The van der Waals surface area contributed by atoms with E-state index in [0.29, 0.717) is 5.56 Å². The molecule has 10 heteroatoms. The second-order valence-corrected chi connectivity index (χ2v) is 6.96. The molecule has 0 amide bonds. The van der Waals surface area contributed by atoms with Crippen LogP contribution in [0.25, 0.3) is 0 Å². The quantitative estimate of drug-likeness (QED) is 0.597. The van der Waals surface area contributed by atoms with Crippen LogP contribution in [0.15, 0.2) is 41.3 Å². The van der Waals surface area contributed by atoms with Gasteiger partial charge in [-0.25, -0.2) is 8.42 Å². The summed E-state index contributed by atoms with van der Waals surface area (Å²) in [6, 6.07) is 7.41. The summed E-state index contributed by atoms with van der Waals surface area (Å²) in [4.78, 5) is 20.6. The second kappa shape index (κ2) is 6.24. The van der Waals surface area contributed by atoms with E-state index in [-0.39, 0.29) is 22.1 Å². The van der Waals surface area contributed by atoms with Crippen molar-refractivity contribution >= 4 is 21.2 Å². The van der Waals surface area contributed by atoms with Gasteiger partial charge in [-0.05, 0) is 25.1 Å². The van der Waals surface area contributed by atoms with Gasteiger partial charge in [0.25, 0.3) is 0 Å². The van der Waals surface area contributed by atoms with Gasteiger partial charge < -0.3 is 4.74 Å². The summed E-state index contributed by atoms with van der Waals surface area (Å²) in [5.41, 5.74) is -0.597. The minimum absolute atomic E-state index is 0.171. The molecule has 24 heavy (non-hydrogen) atoms. The fraction of sp³-hybridized carbons (Fsp3) is 0.143. The highest BCUT2D eigenvalue weighted by Crippen LogP contribution is 2.38. The summed E-state index contributed by atoms with van der Waals surface area (Å²) in [6.45, 7) is 1.51. The topological polar surface area (TPSA) is 130 Å². The zero-order valence-corrected chi connectivity index (χ0v) is 13.4. The smallest absolute Gasteiger partial charge is 0.314 e. The maximum Gasteiger partial charge on any atom is 0.314 e. The third kappa shape index (κ3) is 3.49. The summed E-state index contributed by atoms with van der Waals surface area (Å²) in [6.07, 6.45) is 0.915. The van der Waals surface area contributed by atoms with Gasteiger partial charge in [-0.3, -0.25) is 20.2 Å². The number of hydrogen-bond donors (Lipinski definition) is 0. The summed E-state index contributed by atoms with van der Waals surface area (Å²) < 4.78 is 28.4. The van der Waals surface area contributed by atoms with Gasteiger partial charge in [0.05, 0.1) is 14.7 Å². The summed E-state index contributed by atoms with van der Waals surface area (Å²) in [7, 11) is -3.65. The van der Waals surface area contributed by atoms with Gasteiger partial charge in [-0.2, -0.15) is 0 Å². The lowest BCUT2D eigenvalue weighted by atomic mass is 10.2. The van der Waals surface area contributed by atoms with Crippen LogP contribution in [0.5, 0.6) is 11.5 Å². The zero-order valence-electron chi connectivity index (χ0n) is 12.6. The molecule has 0 aliphatic rings. The van der Waals surface area contributed by atoms with Gasteiger partial charge in [-0.15, -0.1) is 0 Å². The number of sulfone groups is 1. The number of nitrogens with zero attached hydrogens (tertiary/aromatic N) is 2. The van der Waals surface area contributed by atoms with E-state index in [1.54, 1.807) is 0 Å².